The standard InChI is InChI=1S/C15H14F3NOS/c1-3-20-19-10(2)13-9-12(11-7-5-4-6-8-11)14(21-13)15(16,17)18/h4-9H,3H2,1-2H3/b19-10-. The summed E-state index contributed by atoms with van der Waals surface area (Å²) in [5.41, 5.74) is 1.15. The number of rotatable bonds is 4. The molecule has 2 nitrogen and oxygen atoms in total. The normalized spacial score (nSPS) is 12.5. The van der Waals surface area contributed by atoms with E-state index in [9.17, 15) is 13.2 Å². The van der Waals surface area contributed by atoms with Gasteiger partial charge in [0.2, 0.25) is 0 Å². The van der Waals surface area contributed by atoms with Gasteiger partial charge in [-0.2, -0.15) is 13.2 Å². The zero-order valence-corrected chi connectivity index (χ0v) is 12.4. The van der Waals surface area contributed by atoms with Crippen LogP contribution in [0.15, 0.2) is 41.6 Å². The van der Waals surface area contributed by atoms with Crippen molar-refractivity contribution in [3.63, 3.8) is 0 Å². The summed E-state index contributed by atoms with van der Waals surface area (Å²) < 4.78 is 39.6. The van der Waals surface area contributed by atoms with Gasteiger partial charge in [-0.25, -0.2) is 0 Å². The Morgan fingerprint density at radius 1 is 1.24 bits per heavy atom. The van der Waals surface area contributed by atoms with Crippen molar-refractivity contribution in [2.24, 2.45) is 5.16 Å². The molecule has 0 amide bonds. The molecule has 0 aliphatic rings. The summed E-state index contributed by atoms with van der Waals surface area (Å²) in [5, 5.41) is 3.80. The first kappa shape index (κ1) is 15.6. The van der Waals surface area contributed by atoms with Gasteiger partial charge >= 0.3 is 6.18 Å². The second kappa shape index (κ2) is 6.30. The maximum Gasteiger partial charge on any atom is 0.426 e. The lowest BCUT2D eigenvalue weighted by molar-refractivity contribution is -0.133. The third-order valence-corrected chi connectivity index (χ3v) is 4.05. The quantitative estimate of drug-likeness (QED) is 0.562. The fourth-order valence-electron chi connectivity index (χ4n) is 1.82. The van der Waals surface area contributed by atoms with Crippen molar-refractivity contribution in [2.75, 3.05) is 6.61 Å². The third-order valence-electron chi connectivity index (χ3n) is 2.76. The molecule has 21 heavy (non-hydrogen) atoms. The minimum Gasteiger partial charge on any atom is -0.396 e. The van der Waals surface area contributed by atoms with Crippen LogP contribution in [0.25, 0.3) is 11.1 Å². The maximum absolute atomic E-state index is 13.2. The van der Waals surface area contributed by atoms with Crippen LogP contribution >= 0.6 is 11.3 Å². The molecule has 1 aromatic heterocycles. The molecule has 0 fully saturated rings. The summed E-state index contributed by atoms with van der Waals surface area (Å²) in [4.78, 5) is 4.74. The second-order valence-corrected chi connectivity index (χ2v) is 5.36. The van der Waals surface area contributed by atoms with E-state index in [4.69, 9.17) is 4.84 Å². The van der Waals surface area contributed by atoms with Crippen molar-refractivity contribution in [3.05, 3.63) is 46.2 Å². The third kappa shape index (κ3) is 3.64. The SMILES string of the molecule is CCO/N=C(/C)c1cc(-c2ccccc2)c(C(F)(F)F)s1. The summed E-state index contributed by atoms with van der Waals surface area (Å²) in [5.74, 6) is 0. The van der Waals surface area contributed by atoms with Crippen LogP contribution in [0.5, 0.6) is 0 Å². The highest BCUT2D eigenvalue weighted by atomic mass is 32.1. The lowest BCUT2D eigenvalue weighted by atomic mass is 10.1. The first-order valence-electron chi connectivity index (χ1n) is 6.37. The van der Waals surface area contributed by atoms with Crippen molar-refractivity contribution in [1.82, 2.24) is 0 Å². The van der Waals surface area contributed by atoms with Crippen molar-refractivity contribution in [1.29, 1.82) is 0 Å². The van der Waals surface area contributed by atoms with Crippen LogP contribution < -0.4 is 0 Å². The van der Waals surface area contributed by atoms with Crippen LogP contribution in [0.2, 0.25) is 0 Å². The Morgan fingerprint density at radius 3 is 2.48 bits per heavy atom. The fraction of sp³-hybridized carbons (Fsp3) is 0.267. The minimum absolute atomic E-state index is 0.175. The minimum atomic E-state index is -4.39. The number of hydrogen-bond donors (Lipinski definition) is 0. The Hall–Kier alpha value is -1.82. The van der Waals surface area contributed by atoms with Gasteiger partial charge in [0, 0.05) is 5.56 Å². The molecule has 112 valence electrons. The Bertz CT molecular complexity index is 632. The Labute approximate surface area is 124 Å². The lowest BCUT2D eigenvalue weighted by Gasteiger charge is -2.07. The van der Waals surface area contributed by atoms with Gasteiger partial charge in [-0.1, -0.05) is 35.5 Å². The highest BCUT2D eigenvalue weighted by Crippen LogP contribution is 2.42. The smallest absolute Gasteiger partial charge is 0.396 e. The van der Waals surface area contributed by atoms with E-state index < -0.39 is 11.1 Å². The van der Waals surface area contributed by atoms with Crippen LogP contribution in [0.3, 0.4) is 0 Å². The van der Waals surface area contributed by atoms with Crippen molar-refractivity contribution < 1.29 is 18.0 Å². The van der Waals surface area contributed by atoms with Gasteiger partial charge < -0.3 is 4.84 Å². The van der Waals surface area contributed by atoms with E-state index in [2.05, 4.69) is 5.16 Å². The van der Waals surface area contributed by atoms with Crippen molar-refractivity contribution in [3.8, 4) is 11.1 Å². The molecule has 0 radical (unpaired) electrons. The van der Waals surface area contributed by atoms with Gasteiger partial charge in [-0.05, 0) is 25.5 Å². The number of alkyl halides is 3. The van der Waals surface area contributed by atoms with E-state index in [1.54, 1.807) is 44.2 Å². The molecule has 0 saturated carbocycles. The molecular weight excluding hydrogens is 299 g/mol. The molecule has 0 bridgehead atoms. The molecule has 1 heterocycles. The molecule has 0 atom stereocenters. The van der Waals surface area contributed by atoms with Gasteiger partial charge in [-0.3, -0.25) is 0 Å². The molecule has 6 heteroatoms. The molecule has 2 rings (SSSR count). The Balaban J connectivity index is 2.51. The fourth-order valence-corrected chi connectivity index (χ4v) is 2.80. The summed E-state index contributed by atoms with van der Waals surface area (Å²) in [6.07, 6.45) is -4.39. The van der Waals surface area contributed by atoms with Crippen LogP contribution in [-0.2, 0) is 11.0 Å². The summed E-state index contributed by atoms with van der Waals surface area (Å²) in [7, 11) is 0. The average molecular weight is 313 g/mol. The van der Waals surface area contributed by atoms with E-state index in [1.807, 2.05) is 0 Å². The van der Waals surface area contributed by atoms with Gasteiger partial charge in [-0.15, -0.1) is 11.3 Å². The number of halogens is 3. The van der Waals surface area contributed by atoms with E-state index in [0.29, 0.717) is 34.1 Å². The molecule has 1 aromatic carbocycles. The summed E-state index contributed by atoms with van der Waals surface area (Å²) in [6.45, 7) is 3.78. The predicted octanol–water partition coefficient (Wildman–Crippen LogP) is 5.19. The monoisotopic (exact) mass is 313 g/mol. The number of nitrogens with zero attached hydrogens (tertiary/aromatic N) is 1. The molecular formula is C15H14F3NOS. The average Bonchev–Trinajstić information content (AvgIpc) is 2.91. The second-order valence-electron chi connectivity index (χ2n) is 4.31. The molecule has 0 N–H and O–H groups in total. The lowest BCUT2D eigenvalue weighted by Crippen LogP contribution is -2.03. The summed E-state index contributed by atoms with van der Waals surface area (Å²) in [6, 6.07) is 10.0. The van der Waals surface area contributed by atoms with Gasteiger partial charge in [0.05, 0.1) is 10.6 Å². The largest absolute Gasteiger partial charge is 0.426 e. The number of oxime groups is 1. The zero-order valence-electron chi connectivity index (χ0n) is 11.6. The predicted molar refractivity (Wildman–Crippen MR) is 78.6 cm³/mol. The highest BCUT2D eigenvalue weighted by molar-refractivity contribution is 7.14. The highest BCUT2D eigenvalue weighted by Gasteiger charge is 2.36. The van der Waals surface area contributed by atoms with Gasteiger partial charge in [0.25, 0.3) is 0 Å². The van der Waals surface area contributed by atoms with Crippen LogP contribution in [-0.4, -0.2) is 12.3 Å². The van der Waals surface area contributed by atoms with Crippen LogP contribution in [0.1, 0.15) is 23.6 Å². The number of benzene rings is 1. The zero-order chi connectivity index (χ0) is 15.5. The van der Waals surface area contributed by atoms with E-state index >= 15 is 0 Å². The van der Waals surface area contributed by atoms with Crippen LogP contribution in [0, 0.1) is 0 Å². The van der Waals surface area contributed by atoms with E-state index in [0.717, 1.165) is 0 Å². The van der Waals surface area contributed by atoms with Crippen LogP contribution in [0.4, 0.5) is 13.2 Å². The molecule has 0 unspecified atom stereocenters. The molecule has 0 saturated heterocycles. The van der Waals surface area contributed by atoms with Crippen molar-refractivity contribution in [2.45, 2.75) is 20.0 Å². The molecule has 2 aromatic rings. The van der Waals surface area contributed by atoms with E-state index in [1.165, 1.54) is 6.07 Å². The first-order valence-corrected chi connectivity index (χ1v) is 7.18. The summed E-state index contributed by atoms with van der Waals surface area (Å²) >= 11 is 0.684. The first-order chi connectivity index (χ1) is 9.93. The number of hydrogen-bond acceptors (Lipinski definition) is 3. The van der Waals surface area contributed by atoms with E-state index in [-0.39, 0.29) is 5.56 Å². The van der Waals surface area contributed by atoms with Gasteiger partial charge in [0.15, 0.2) is 0 Å². The van der Waals surface area contributed by atoms with Gasteiger partial charge in [0.1, 0.15) is 11.5 Å². The Kier molecular flexibility index (Phi) is 4.67. The number of thiophene rings is 1. The topological polar surface area (TPSA) is 21.6 Å². The Morgan fingerprint density at radius 2 is 1.90 bits per heavy atom. The molecule has 0 aliphatic heterocycles. The van der Waals surface area contributed by atoms with Crippen molar-refractivity contribution >= 4 is 17.0 Å². The molecule has 0 spiro atoms. The molecule has 0 aliphatic carbocycles. The maximum atomic E-state index is 13.2.